The van der Waals surface area contributed by atoms with E-state index < -0.39 is 27.3 Å². The molecule has 0 saturated carbocycles. The van der Waals surface area contributed by atoms with Gasteiger partial charge in [-0.3, -0.25) is 4.79 Å². The third kappa shape index (κ3) is 7.17. The minimum absolute atomic E-state index is 0.0171. The number of ether oxygens (including phenoxy) is 1. The zero-order chi connectivity index (χ0) is 30.2. The third-order valence-electron chi connectivity index (χ3n) is 7.05. The normalized spacial score (nSPS) is 12.9. The van der Waals surface area contributed by atoms with E-state index in [1.54, 1.807) is 31.4 Å². The number of thioether (sulfide) groups is 1. The Kier molecular flexibility index (Phi) is 9.61. The monoisotopic (exact) mass is 609 g/mol. The Hall–Kier alpha value is -4.37. The van der Waals surface area contributed by atoms with Crippen molar-refractivity contribution in [3.8, 4) is 16.9 Å². The van der Waals surface area contributed by atoms with Crippen molar-refractivity contribution >= 4 is 27.8 Å². The minimum Gasteiger partial charge on any atom is -0.497 e. The highest BCUT2D eigenvalue weighted by molar-refractivity contribution is 7.99. The Morgan fingerprint density at radius 1 is 0.744 bits per heavy atom. The van der Waals surface area contributed by atoms with Crippen molar-refractivity contribution in [1.29, 1.82) is 0 Å². The summed E-state index contributed by atoms with van der Waals surface area (Å²) >= 11 is 1.33. The highest BCUT2D eigenvalue weighted by atomic mass is 32.2. The van der Waals surface area contributed by atoms with Crippen LogP contribution in [0.15, 0.2) is 149 Å². The number of benzene rings is 5. The van der Waals surface area contributed by atoms with Gasteiger partial charge in [-0.15, -0.1) is 11.8 Å². The summed E-state index contributed by atoms with van der Waals surface area (Å²) in [6.07, 6.45) is 0. The van der Waals surface area contributed by atoms with E-state index in [-0.39, 0.29) is 11.4 Å². The molecule has 6 nitrogen and oxygen atoms in total. The lowest BCUT2D eigenvalue weighted by Gasteiger charge is -2.34. The van der Waals surface area contributed by atoms with Gasteiger partial charge in [0.2, 0.25) is 10.0 Å². The van der Waals surface area contributed by atoms with Gasteiger partial charge in [-0.05, 0) is 58.7 Å². The van der Waals surface area contributed by atoms with Crippen LogP contribution in [0.4, 0.5) is 0 Å². The molecule has 1 N–H and O–H groups in total. The molecule has 0 aliphatic heterocycles. The molecule has 2 atom stereocenters. The van der Waals surface area contributed by atoms with Crippen LogP contribution < -0.4 is 4.74 Å². The number of nitrogens with zero attached hydrogens (tertiary/aromatic N) is 1. The van der Waals surface area contributed by atoms with Crippen LogP contribution in [-0.4, -0.2) is 37.0 Å². The van der Waals surface area contributed by atoms with Crippen LogP contribution in [0.1, 0.15) is 16.4 Å². The van der Waals surface area contributed by atoms with E-state index in [4.69, 9.17) is 4.74 Å². The van der Waals surface area contributed by atoms with Crippen molar-refractivity contribution < 1.29 is 23.1 Å². The number of methoxy groups -OCH3 is 1. The van der Waals surface area contributed by atoms with Gasteiger partial charge in [-0.1, -0.05) is 103 Å². The number of carboxylic acid groups (broad SMARTS) is 1. The second-order valence-electron chi connectivity index (χ2n) is 9.83. The van der Waals surface area contributed by atoms with E-state index in [0.717, 1.165) is 26.1 Å². The van der Waals surface area contributed by atoms with Crippen LogP contribution in [0.25, 0.3) is 11.1 Å². The molecule has 218 valence electrons. The summed E-state index contributed by atoms with van der Waals surface area (Å²) in [5.74, 6) is -0.507. The molecule has 0 saturated heterocycles. The number of rotatable bonds is 12. The van der Waals surface area contributed by atoms with Gasteiger partial charge < -0.3 is 9.84 Å². The summed E-state index contributed by atoms with van der Waals surface area (Å²) in [5, 5.41) is 10.0. The van der Waals surface area contributed by atoms with E-state index in [1.165, 1.54) is 23.9 Å². The second kappa shape index (κ2) is 13.7. The van der Waals surface area contributed by atoms with Crippen molar-refractivity contribution in [2.24, 2.45) is 0 Å². The van der Waals surface area contributed by atoms with E-state index in [0.29, 0.717) is 11.1 Å². The van der Waals surface area contributed by atoms with Gasteiger partial charge in [0.25, 0.3) is 0 Å². The molecule has 0 aliphatic carbocycles. The Balaban J connectivity index is 1.59. The van der Waals surface area contributed by atoms with Crippen molar-refractivity contribution in [2.45, 2.75) is 27.6 Å². The molecule has 0 amide bonds. The first-order chi connectivity index (χ1) is 20.9. The summed E-state index contributed by atoms with van der Waals surface area (Å²) in [4.78, 5) is 14.0. The minimum atomic E-state index is -4.28. The van der Waals surface area contributed by atoms with E-state index in [1.807, 2.05) is 103 Å². The SMILES string of the molecule is COc1ccc(-c2ccc(S(=O)(=O)N(Cc3ccccc3)[C@H](C(=O)O)[C@H](Sc3ccccc3)c3ccccc3)cc2)cc1. The van der Waals surface area contributed by atoms with Crippen LogP contribution in [0.3, 0.4) is 0 Å². The van der Waals surface area contributed by atoms with Crippen LogP contribution in [0.5, 0.6) is 5.75 Å². The molecule has 0 aromatic heterocycles. The van der Waals surface area contributed by atoms with Crippen LogP contribution in [0.2, 0.25) is 0 Å². The summed E-state index contributed by atoms with van der Waals surface area (Å²) < 4.78 is 35.2. The van der Waals surface area contributed by atoms with Crippen molar-refractivity contribution in [2.75, 3.05) is 7.11 Å². The Labute approximate surface area is 256 Å². The molecule has 5 aromatic carbocycles. The number of carbonyl (C=O) groups is 1. The highest BCUT2D eigenvalue weighted by Crippen LogP contribution is 2.42. The molecule has 0 radical (unpaired) electrons. The van der Waals surface area contributed by atoms with Gasteiger partial charge in [0.15, 0.2) is 0 Å². The standard InChI is InChI=1S/C35H31NO5S2/c1-41-30-21-17-27(18-22-30)28-19-23-32(24-20-28)43(39,40)36(25-26-11-5-2-6-12-26)33(35(37)38)34(29-13-7-3-8-14-29)42-31-15-9-4-10-16-31/h2-24,33-34H,25H2,1H3,(H,37,38)/t33-,34+/m0/s1. The molecule has 0 aliphatic rings. The maximum atomic E-state index is 14.4. The largest absolute Gasteiger partial charge is 0.497 e. The molecule has 5 aromatic rings. The molecule has 0 bridgehead atoms. The van der Waals surface area contributed by atoms with Crippen LogP contribution in [0, 0.1) is 0 Å². The average molecular weight is 610 g/mol. The zero-order valence-electron chi connectivity index (χ0n) is 23.5. The quantitative estimate of drug-likeness (QED) is 0.147. The van der Waals surface area contributed by atoms with Gasteiger partial charge >= 0.3 is 5.97 Å². The Morgan fingerprint density at radius 3 is 1.79 bits per heavy atom. The molecule has 0 unspecified atom stereocenters. The molecule has 8 heteroatoms. The maximum Gasteiger partial charge on any atom is 0.323 e. The first kappa shape index (κ1) is 30.1. The predicted molar refractivity (Wildman–Crippen MR) is 171 cm³/mol. The van der Waals surface area contributed by atoms with Crippen molar-refractivity contribution in [1.82, 2.24) is 4.31 Å². The molecular weight excluding hydrogens is 579 g/mol. The molecule has 43 heavy (non-hydrogen) atoms. The number of hydrogen-bond donors (Lipinski definition) is 1. The lowest BCUT2D eigenvalue weighted by molar-refractivity contribution is -0.141. The fraction of sp³-hybridized carbons (Fsp3) is 0.114. The predicted octanol–water partition coefficient (Wildman–Crippen LogP) is 7.54. The number of sulfonamides is 1. The summed E-state index contributed by atoms with van der Waals surface area (Å²) in [7, 11) is -2.68. The summed E-state index contributed by atoms with van der Waals surface area (Å²) in [5.41, 5.74) is 3.13. The van der Waals surface area contributed by atoms with Crippen molar-refractivity contribution in [3.63, 3.8) is 0 Å². The fourth-order valence-corrected chi connectivity index (χ4v) is 7.79. The third-order valence-corrected chi connectivity index (χ3v) is 10.2. The maximum absolute atomic E-state index is 14.4. The first-order valence-corrected chi connectivity index (χ1v) is 16.0. The second-order valence-corrected chi connectivity index (χ2v) is 12.9. The number of carboxylic acids is 1. The van der Waals surface area contributed by atoms with Gasteiger partial charge in [0.05, 0.1) is 17.3 Å². The van der Waals surface area contributed by atoms with Crippen LogP contribution in [-0.2, 0) is 21.4 Å². The number of hydrogen-bond acceptors (Lipinski definition) is 5. The lowest BCUT2D eigenvalue weighted by Crippen LogP contribution is -2.47. The molecule has 0 spiro atoms. The topological polar surface area (TPSA) is 83.9 Å². The molecule has 5 rings (SSSR count). The average Bonchev–Trinajstić information content (AvgIpc) is 3.05. The van der Waals surface area contributed by atoms with Gasteiger partial charge in [0.1, 0.15) is 11.8 Å². The molecule has 0 fully saturated rings. The smallest absolute Gasteiger partial charge is 0.323 e. The summed E-state index contributed by atoms with van der Waals surface area (Å²) in [6.45, 7) is -0.112. The molecule has 0 heterocycles. The lowest BCUT2D eigenvalue weighted by atomic mass is 10.0. The van der Waals surface area contributed by atoms with Crippen molar-refractivity contribution in [3.05, 3.63) is 151 Å². The highest BCUT2D eigenvalue weighted by Gasteiger charge is 2.42. The van der Waals surface area contributed by atoms with Gasteiger partial charge in [-0.2, -0.15) is 4.31 Å². The first-order valence-electron chi connectivity index (χ1n) is 13.7. The number of aliphatic carboxylic acids is 1. The van der Waals surface area contributed by atoms with E-state index >= 15 is 0 Å². The fourth-order valence-electron chi connectivity index (χ4n) is 4.84. The van der Waals surface area contributed by atoms with Gasteiger partial charge in [-0.25, -0.2) is 8.42 Å². The zero-order valence-corrected chi connectivity index (χ0v) is 25.1. The van der Waals surface area contributed by atoms with Gasteiger partial charge in [0, 0.05) is 11.4 Å². The summed E-state index contributed by atoms with van der Waals surface area (Å²) in [6, 6.07) is 40.3. The van der Waals surface area contributed by atoms with Crippen LogP contribution >= 0.6 is 11.8 Å². The molecular formula is C35H31NO5S2. The Bertz CT molecular complexity index is 1730. The van der Waals surface area contributed by atoms with E-state index in [2.05, 4.69) is 0 Å². The Morgan fingerprint density at radius 2 is 1.26 bits per heavy atom. The van der Waals surface area contributed by atoms with E-state index in [9.17, 15) is 18.3 Å².